The van der Waals surface area contributed by atoms with E-state index in [1.54, 1.807) is 18.2 Å². The SMILES string of the molecule is NC(=O)c1cnc(Nc2ccc(OC(F)F)c(Cl)c2)nc1Nc1cccc2c1CCNC2=O. The summed E-state index contributed by atoms with van der Waals surface area (Å²) in [5, 5.41) is 8.69. The number of benzene rings is 2. The number of primary amides is 1. The van der Waals surface area contributed by atoms with Crippen molar-refractivity contribution in [2.24, 2.45) is 5.73 Å². The zero-order valence-electron chi connectivity index (χ0n) is 16.9. The smallest absolute Gasteiger partial charge is 0.387 e. The maximum atomic E-state index is 12.4. The molecule has 1 aliphatic heterocycles. The lowest BCUT2D eigenvalue weighted by atomic mass is 9.98. The first-order chi connectivity index (χ1) is 15.8. The Labute approximate surface area is 191 Å². The zero-order valence-corrected chi connectivity index (χ0v) is 17.6. The molecular weight excluding hydrogens is 458 g/mol. The van der Waals surface area contributed by atoms with Crippen molar-refractivity contribution >= 4 is 46.6 Å². The summed E-state index contributed by atoms with van der Waals surface area (Å²) in [4.78, 5) is 32.4. The predicted molar refractivity (Wildman–Crippen MR) is 118 cm³/mol. The number of amides is 2. The van der Waals surface area contributed by atoms with Crippen LogP contribution >= 0.6 is 11.6 Å². The van der Waals surface area contributed by atoms with E-state index in [0.29, 0.717) is 29.9 Å². The molecule has 1 aromatic heterocycles. The number of carbonyl (C=O) groups is 2. The number of nitrogens with one attached hydrogen (secondary N) is 3. The van der Waals surface area contributed by atoms with Gasteiger partial charge in [0.05, 0.1) is 5.02 Å². The fourth-order valence-corrected chi connectivity index (χ4v) is 3.55. The fraction of sp³-hybridized carbons (Fsp3) is 0.143. The number of ether oxygens (including phenoxy) is 1. The molecule has 5 N–H and O–H groups in total. The van der Waals surface area contributed by atoms with Gasteiger partial charge in [0.2, 0.25) is 5.95 Å². The highest BCUT2D eigenvalue weighted by atomic mass is 35.5. The molecule has 0 saturated heterocycles. The highest BCUT2D eigenvalue weighted by Crippen LogP contribution is 2.31. The molecule has 0 unspecified atom stereocenters. The minimum Gasteiger partial charge on any atom is -0.433 e. The molecule has 0 spiro atoms. The topological polar surface area (TPSA) is 131 Å². The lowest BCUT2D eigenvalue weighted by molar-refractivity contribution is -0.0497. The molecule has 9 nitrogen and oxygen atoms in total. The van der Waals surface area contributed by atoms with E-state index in [0.717, 1.165) is 5.56 Å². The number of alkyl halides is 2. The van der Waals surface area contributed by atoms with Gasteiger partial charge >= 0.3 is 6.61 Å². The molecule has 2 aromatic carbocycles. The van der Waals surface area contributed by atoms with Crippen LogP contribution in [0.25, 0.3) is 0 Å². The Bertz CT molecular complexity index is 1240. The Balaban J connectivity index is 1.64. The van der Waals surface area contributed by atoms with Crippen molar-refractivity contribution < 1.29 is 23.1 Å². The van der Waals surface area contributed by atoms with Crippen LogP contribution in [0, 0.1) is 0 Å². The fourth-order valence-electron chi connectivity index (χ4n) is 3.33. The molecule has 12 heteroatoms. The molecule has 2 heterocycles. The summed E-state index contributed by atoms with van der Waals surface area (Å²) >= 11 is 5.98. The van der Waals surface area contributed by atoms with Crippen LogP contribution in [0.15, 0.2) is 42.6 Å². The molecule has 0 saturated carbocycles. The molecular formula is C21H17ClF2N6O3. The molecule has 33 heavy (non-hydrogen) atoms. The Hall–Kier alpha value is -3.99. The molecule has 0 atom stereocenters. The van der Waals surface area contributed by atoms with Gasteiger partial charge in [-0.1, -0.05) is 17.7 Å². The first-order valence-corrected chi connectivity index (χ1v) is 10.0. The van der Waals surface area contributed by atoms with Gasteiger partial charge in [-0.3, -0.25) is 9.59 Å². The van der Waals surface area contributed by atoms with Gasteiger partial charge in [-0.15, -0.1) is 0 Å². The Kier molecular flexibility index (Phi) is 6.22. The Morgan fingerprint density at radius 3 is 2.79 bits per heavy atom. The minimum absolute atomic E-state index is 0.0390. The van der Waals surface area contributed by atoms with Crippen LogP contribution in [0.2, 0.25) is 5.02 Å². The van der Waals surface area contributed by atoms with Gasteiger partial charge < -0.3 is 26.4 Å². The summed E-state index contributed by atoms with van der Waals surface area (Å²) in [5.74, 6) is -0.895. The standard InChI is InChI=1S/C21H17ClF2N6O3/c22-14-8-10(4-5-16(14)33-20(23)24)28-21-27-9-13(17(25)31)18(30-21)29-15-3-1-2-12-11(15)6-7-26-19(12)32/h1-5,8-9,20H,6-7H2,(H2,25,31)(H,26,32)(H2,27,28,29,30). The highest BCUT2D eigenvalue weighted by Gasteiger charge is 2.21. The monoisotopic (exact) mass is 474 g/mol. The summed E-state index contributed by atoms with van der Waals surface area (Å²) in [6.45, 7) is -2.52. The molecule has 0 fully saturated rings. The second kappa shape index (κ2) is 9.25. The van der Waals surface area contributed by atoms with Crippen molar-refractivity contribution in [3.63, 3.8) is 0 Å². The molecule has 0 radical (unpaired) electrons. The van der Waals surface area contributed by atoms with Crippen molar-refractivity contribution in [1.29, 1.82) is 0 Å². The highest BCUT2D eigenvalue weighted by molar-refractivity contribution is 6.32. The summed E-state index contributed by atoms with van der Waals surface area (Å²) in [6, 6.07) is 9.27. The van der Waals surface area contributed by atoms with Crippen LogP contribution in [-0.4, -0.2) is 34.9 Å². The van der Waals surface area contributed by atoms with E-state index in [1.807, 2.05) is 0 Å². The maximum absolute atomic E-state index is 12.4. The number of nitrogens with two attached hydrogens (primary N) is 1. The summed E-state index contributed by atoms with van der Waals surface area (Å²) in [6.07, 6.45) is 1.84. The number of anilines is 4. The van der Waals surface area contributed by atoms with Crippen molar-refractivity contribution in [1.82, 2.24) is 15.3 Å². The van der Waals surface area contributed by atoms with Crippen LogP contribution in [0.5, 0.6) is 5.75 Å². The van der Waals surface area contributed by atoms with Gasteiger partial charge in [0.15, 0.2) is 0 Å². The van der Waals surface area contributed by atoms with Gasteiger partial charge in [-0.05, 0) is 42.3 Å². The third kappa shape index (κ3) is 4.93. The number of hydrogen-bond donors (Lipinski definition) is 4. The first kappa shape index (κ1) is 22.2. The molecule has 2 amide bonds. The van der Waals surface area contributed by atoms with E-state index >= 15 is 0 Å². The number of nitrogens with zero attached hydrogens (tertiary/aromatic N) is 2. The van der Waals surface area contributed by atoms with Crippen molar-refractivity contribution in [3.8, 4) is 5.75 Å². The van der Waals surface area contributed by atoms with Gasteiger partial charge in [0.25, 0.3) is 11.8 Å². The van der Waals surface area contributed by atoms with Crippen molar-refractivity contribution in [2.75, 3.05) is 17.2 Å². The lowest BCUT2D eigenvalue weighted by Crippen LogP contribution is -2.32. The molecule has 0 aliphatic carbocycles. The van der Waals surface area contributed by atoms with E-state index in [2.05, 4.69) is 30.7 Å². The maximum Gasteiger partial charge on any atom is 0.387 e. The average molecular weight is 475 g/mol. The van der Waals surface area contributed by atoms with E-state index in [4.69, 9.17) is 17.3 Å². The van der Waals surface area contributed by atoms with Gasteiger partial charge in [-0.25, -0.2) is 4.98 Å². The summed E-state index contributed by atoms with van der Waals surface area (Å²) in [7, 11) is 0. The normalized spacial score (nSPS) is 12.7. The van der Waals surface area contributed by atoms with Crippen LogP contribution in [0.4, 0.5) is 31.9 Å². The quantitative estimate of drug-likeness (QED) is 0.411. The number of rotatable bonds is 7. The van der Waals surface area contributed by atoms with Crippen LogP contribution < -0.4 is 26.4 Å². The largest absolute Gasteiger partial charge is 0.433 e. The van der Waals surface area contributed by atoms with E-state index in [1.165, 1.54) is 24.4 Å². The number of fused-ring (bicyclic) bond motifs is 1. The molecule has 0 bridgehead atoms. The second-order valence-corrected chi connectivity index (χ2v) is 7.34. The number of hydrogen-bond acceptors (Lipinski definition) is 7. The van der Waals surface area contributed by atoms with Crippen LogP contribution in [-0.2, 0) is 6.42 Å². The number of aromatic nitrogens is 2. The summed E-state index contributed by atoms with van der Waals surface area (Å²) < 4.78 is 29.2. The molecule has 4 rings (SSSR count). The second-order valence-electron chi connectivity index (χ2n) is 6.93. The third-order valence-electron chi connectivity index (χ3n) is 4.79. The van der Waals surface area contributed by atoms with Crippen LogP contribution in [0.3, 0.4) is 0 Å². The third-order valence-corrected chi connectivity index (χ3v) is 5.09. The summed E-state index contributed by atoms with van der Waals surface area (Å²) in [5.41, 5.74) is 7.82. The molecule has 3 aromatic rings. The first-order valence-electron chi connectivity index (χ1n) is 9.67. The predicted octanol–water partition coefficient (Wildman–Crippen LogP) is 3.60. The molecule has 170 valence electrons. The Morgan fingerprint density at radius 1 is 1.24 bits per heavy atom. The minimum atomic E-state index is -3.01. The van der Waals surface area contributed by atoms with Crippen molar-refractivity contribution in [2.45, 2.75) is 13.0 Å². The van der Waals surface area contributed by atoms with Crippen molar-refractivity contribution in [3.05, 3.63) is 64.3 Å². The zero-order chi connectivity index (χ0) is 23.5. The average Bonchev–Trinajstić information content (AvgIpc) is 2.76. The van der Waals surface area contributed by atoms with Gasteiger partial charge in [0, 0.05) is 29.7 Å². The van der Waals surface area contributed by atoms with Crippen LogP contribution in [0.1, 0.15) is 26.3 Å². The molecule has 1 aliphatic rings. The van der Waals surface area contributed by atoms with Gasteiger partial charge in [0.1, 0.15) is 17.1 Å². The number of carbonyl (C=O) groups excluding carboxylic acids is 2. The van der Waals surface area contributed by atoms with E-state index < -0.39 is 12.5 Å². The number of halogens is 3. The lowest BCUT2D eigenvalue weighted by Gasteiger charge is -2.20. The van der Waals surface area contributed by atoms with E-state index in [-0.39, 0.29) is 34.0 Å². The van der Waals surface area contributed by atoms with Gasteiger partial charge in [-0.2, -0.15) is 13.8 Å². The van der Waals surface area contributed by atoms with E-state index in [9.17, 15) is 18.4 Å². The Morgan fingerprint density at radius 2 is 2.06 bits per heavy atom.